The van der Waals surface area contributed by atoms with Gasteiger partial charge in [0, 0.05) is 33.5 Å². The predicted octanol–water partition coefficient (Wildman–Crippen LogP) is 8.30. The van der Waals surface area contributed by atoms with Gasteiger partial charge >= 0.3 is 0 Å². The van der Waals surface area contributed by atoms with Crippen molar-refractivity contribution in [1.82, 2.24) is 14.5 Å². The highest BCUT2D eigenvalue weighted by atomic mass is 15.0. The Bertz CT molecular complexity index is 1640. The van der Waals surface area contributed by atoms with Crippen molar-refractivity contribution in [2.45, 2.75) is 25.7 Å². The number of aromatic nitrogens is 3. The standard InChI is InChI=1S/C34H27N3/c1-3-11-24(12-4-1)30-23-31(36-34(35-30)26-13-5-2-6-14-26)25-19-21-27(22-20-25)37-32-17-9-7-15-28(32)29-16-8-10-18-33(29)37/h1-7,9,11-15,17,19-23H,8,10,16,18H2. The largest absolute Gasteiger partial charge is 0.313 e. The van der Waals surface area contributed by atoms with Crippen molar-refractivity contribution in [3.63, 3.8) is 0 Å². The molecule has 0 saturated heterocycles. The molecule has 0 radical (unpaired) electrons. The fourth-order valence-electron chi connectivity index (χ4n) is 5.64. The van der Waals surface area contributed by atoms with E-state index in [1.165, 1.54) is 47.1 Å². The molecule has 37 heavy (non-hydrogen) atoms. The normalized spacial score (nSPS) is 13.0. The van der Waals surface area contributed by atoms with E-state index in [4.69, 9.17) is 9.97 Å². The first kappa shape index (κ1) is 21.8. The highest BCUT2D eigenvalue weighted by Gasteiger charge is 2.20. The molecule has 0 saturated carbocycles. The summed E-state index contributed by atoms with van der Waals surface area (Å²) in [6, 6.07) is 40.4. The molecule has 6 aromatic rings. The average molecular weight is 478 g/mol. The van der Waals surface area contributed by atoms with Crippen molar-refractivity contribution in [1.29, 1.82) is 0 Å². The number of benzene rings is 4. The van der Waals surface area contributed by atoms with Gasteiger partial charge in [0.2, 0.25) is 0 Å². The van der Waals surface area contributed by atoms with Crippen LogP contribution in [-0.4, -0.2) is 14.5 Å². The van der Waals surface area contributed by atoms with Crippen LogP contribution >= 0.6 is 0 Å². The van der Waals surface area contributed by atoms with Gasteiger partial charge in [-0.2, -0.15) is 0 Å². The predicted molar refractivity (Wildman–Crippen MR) is 152 cm³/mol. The lowest BCUT2D eigenvalue weighted by molar-refractivity contribution is 0.667. The Kier molecular flexibility index (Phi) is 5.40. The van der Waals surface area contributed by atoms with E-state index in [1.807, 2.05) is 24.3 Å². The summed E-state index contributed by atoms with van der Waals surface area (Å²) in [5, 5.41) is 1.40. The van der Waals surface area contributed by atoms with Gasteiger partial charge < -0.3 is 4.57 Å². The summed E-state index contributed by atoms with van der Waals surface area (Å²) in [6.07, 6.45) is 4.85. The summed E-state index contributed by atoms with van der Waals surface area (Å²) in [5.41, 5.74) is 10.6. The van der Waals surface area contributed by atoms with Crippen LogP contribution in [0.4, 0.5) is 0 Å². The molecule has 0 fully saturated rings. The molecule has 2 aromatic heterocycles. The first-order valence-electron chi connectivity index (χ1n) is 13.1. The van der Waals surface area contributed by atoms with E-state index in [1.54, 1.807) is 0 Å². The third-order valence-electron chi connectivity index (χ3n) is 7.43. The maximum atomic E-state index is 4.99. The molecular formula is C34H27N3. The van der Waals surface area contributed by atoms with Crippen LogP contribution in [0.1, 0.15) is 24.1 Å². The Labute approximate surface area is 217 Å². The molecule has 0 amide bonds. The van der Waals surface area contributed by atoms with E-state index in [2.05, 4.69) is 95.6 Å². The first-order chi connectivity index (χ1) is 18.3. The zero-order valence-corrected chi connectivity index (χ0v) is 20.6. The minimum absolute atomic E-state index is 0.742. The molecule has 0 atom stereocenters. The maximum Gasteiger partial charge on any atom is 0.160 e. The lowest BCUT2D eigenvalue weighted by atomic mass is 9.95. The first-order valence-corrected chi connectivity index (χ1v) is 13.1. The number of fused-ring (bicyclic) bond motifs is 3. The summed E-state index contributed by atoms with van der Waals surface area (Å²) in [5.74, 6) is 0.742. The molecule has 3 nitrogen and oxygen atoms in total. The number of aryl methyl sites for hydroxylation is 1. The molecule has 2 heterocycles. The average Bonchev–Trinajstić information content (AvgIpc) is 3.32. The van der Waals surface area contributed by atoms with Crippen LogP contribution in [0, 0.1) is 0 Å². The quantitative estimate of drug-likeness (QED) is 0.256. The third-order valence-corrected chi connectivity index (χ3v) is 7.43. The zero-order chi connectivity index (χ0) is 24.6. The fraction of sp³-hybridized carbons (Fsp3) is 0.118. The SMILES string of the molecule is c1ccc(-c2cc(-c3ccc(-n4c5c(c6ccccc64)CCCC5)cc3)nc(-c3ccccc3)n2)cc1. The van der Waals surface area contributed by atoms with Gasteiger partial charge in [-0.1, -0.05) is 91.0 Å². The van der Waals surface area contributed by atoms with Gasteiger partial charge in [0.25, 0.3) is 0 Å². The van der Waals surface area contributed by atoms with E-state index in [-0.39, 0.29) is 0 Å². The minimum atomic E-state index is 0.742. The topological polar surface area (TPSA) is 30.7 Å². The van der Waals surface area contributed by atoms with E-state index in [0.29, 0.717) is 0 Å². The second-order valence-electron chi connectivity index (χ2n) is 9.73. The zero-order valence-electron chi connectivity index (χ0n) is 20.6. The van der Waals surface area contributed by atoms with E-state index in [9.17, 15) is 0 Å². The summed E-state index contributed by atoms with van der Waals surface area (Å²) in [4.78, 5) is 9.92. The van der Waals surface area contributed by atoms with Crippen LogP contribution in [0.3, 0.4) is 0 Å². The van der Waals surface area contributed by atoms with Crippen molar-refractivity contribution in [3.05, 3.63) is 127 Å². The van der Waals surface area contributed by atoms with Crippen molar-refractivity contribution in [3.8, 4) is 39.6 Å². The number of rotatable bonds is 4. The van der Waals surface area contributed by atoms with E-state index >= 15 is 0 Å². The molecule has 1 aliphatic carbocycles. The number of hydrogen-bond acceptors (Lipinski definition) is 2. The van der Waals surface area contributed by atoms with Gasteiger partial charge in [-0.3, -0.25) is 0 Å². The molecule has 1 aliphatic rings. The van der Waals surface area contributed by atoms with Crippen molar-refractivity contribution in [2.75, 3.05) is 0 Å². The Balaban J connectivity index is 1.34. The summed E-state index contributed by atoms with van der Waals surface area (Å²) >= 11 is 0. The Morgan fingerprint density at radius 2 is 1.14 bits per heavy atom. The number of hydrogen-bond donors (Lipinski definition) is 0. The maximum absolute atomic E-state index is 4.99. The van der Waals surface area contributed by atoms with E-state index in [0.717, 1.165) is 40.3 Å². The van der Waals surface area contributed by atoms with Crippen molar-refractivity contribution in [2.24, 2.45) is 0 Å². The monoisotopic (exact) mass is 477 g/mol. The lowest BCUT2D eigenvalue weighted by Gasteiger charge is -2.16. The van der Waals surface area contributed by atoms with Crippen molar-refractivity contribution >= 4 is 10.9 Å². The number of para-hydroxylation sites is 1. The van der Waals surface area contributed by atoms with Crippen molar-refractivity contribution < 1.29 is 0 Å². The molecular weight excluding hydrogens is 450 g/mol. The van der Waals surface area contributed by atoms with Crippen LogP contribution in [0.25, 0.3) is 50.5 Å². The Morgan fingerprint density at radius 3 is 1.86 bits per heavy atom. The molecule has 7 rings (SSSR count). The Hall–Kier alpha value is -4.50. The van der Waals surface area contributed by atoms with Gasteiger partial charge in [-0.15, -0.1) is 0 Å². The van der Waals surface area contributed by atoms with Gasteiger partial charge in [0.05, 0.1) is 16.9 Å². The molecule has 0 bridgehead atoms. The summed E-state index contributed by atoms with van der Waals surface area (Å²) < 4.78 is 2.47. The molecule has 0 N–H and O–H groups in total. The van der Waals surface area contributed by atoms with Crippen LogP contribution < -0.4 is 0 Å². The molecule has 178 valence electrons. The van der Waals surface area contributed by atoms with Gasteiger partial charge in [-0.05, 0) is 55.5 Å². The van der Waals surface area contributed by atoms with Crippen LogP contribution in [0.5, 0.6) is 0 Å². The van der Waals surface area contributed by atoms with E-state index < -0.39 is 0 Å². The van der Waals surface area contributed by atoms with Gasteiger partial charge in [-0.25, -0.2) is 9.97 Å². The van der Waals surface area contributed by atoms with Crippen LogP contribution in [-0.2, 0) is 12.8 Å². The van der Waals surface area contributed by atoms with Gasteiger partial charge in [0.1, 0.15) is 0 Å². The van der Waals surface area contributed by atoms with Gasteiger partial charge in [0.15, 0.2) is 5.82 Å². The smallest absolute Gasteiger partial charge is 0.160 e. The fourth-order valence-corrected chi connectivity index (χ4v) is 5.64. The third kappa shape index (κ3) is 3.93. The Morgan fingerprint density at radius 1 is 0.541 bits per heavy atom. The highest BCUT2D eigenvalue weighted by molar-refractivity contribution is 5.88. The minimum Gasteiger partial charge on any atom is -0.313 e. The molecule has 0 aliphatic heterocycles. The molecule has 3 heteroatoms. The summed E-state index contributed by atoms with van der Waals surface area (Å²) in [6.45, 7) is 0. The molecule has 4 aromatic carbocycles. The molecule has 0 unspecified atom stereocenters. The second kappa shape index (κ2) is 9.18. The summed E-state index contributed by atoms with van der Waals surface area (Å²) in [7, 11) is 0. The highest BCUT2D eigenvalue weighted by Crippen LogP contribution is 2.35. The lowest BCUT2D eigenvalue weighted by Crippen LogP contribution is -2.06. The van der Waals surface area contributed by atoms with Crippen LogP contribution in [0.2, 0.25) is 0 Å². The number of nitrogens with zero attached hydrogens (tertiary/aromatic N) is 3. The molecule has 0 spiro atoms. The van der Waals surface area contributed by atoms with Crippen LogP contribution in [0.15, 0.2) is 115 Å². The second-order valence-corrected chi connectivity index (χ2v) is 9.73.